The summed E-state index contributed by atoms with van der Waals surface area (Å²) in [7, 11) is 0. The summed E-state index contributed by atoms with van der Waals surface area (Å²) < 4.78 is 13.8. The number of carbonyl (C=O) groups is 1. The normalized spacial score (nSPS) is 10.9. The molecule has 0 radical (unpaired) electrons. The van der Waals surface area contributed by atoms with Crippen LogP contribution in [-0.2, 0) is 11.3 Å². The van der Waals surface area contributed by atoms with Crippen molar-refractivity contribution < 1.29 is 9.18 Å². The zero-order valence-corrected chi connectivity index (χ0v) is 13.6. The smallest absolute Gasteiger partial charge is 0.244 e. The average molecular weight is 338 g/mol. The van der Waals surface area contributed by atoms with E-state index in [0.29, 0.717) is 12.1 Å². The van der Waals surface area contributed by atoms with Crippen LogP contribution in [0.3, 0.4) is 0 Å². The van der Waals surface area contributed by atoms with E-state index in [9.17, 15) is 9.18 Å². The van der Waals surface area contributed by atoms with Gasteiger partial charge in [-0.1, -0.05) is 24.3 Å². The van der Waals surface area contributed by atoms with Crippen LogP contribution in [0.2, 0.25) is 0 Å². The highest BCUT2D eigenvalue weighted by atomic mass is 32.1. The van der Waals surface area contributed by atoms with Crippen LogP contribution in [0.4, 0.5) is 4.39 Å². The van der Waals surface area contributed by atoms with E-state index in [1.807, 2.05) is 24.3 Å². The van der Waals surface area contributed by atoms with E-state index in [4.69, 9.17) is 0 Å². The van der Waals surface area contributed by atoms with Crippen LogP contribution in [-0.4, -0.2) is 10.9 Å². The number of hydrogen-bond acceptors (Lipinski definition) is 3. The highest BCUT2D eigenvalue weighted by Gasteiger charge is 2.06. The number of nitrogens with zero attached hydrogens (tertiary/aromatic N) is 1. The summed E-state index contributed by atoms with van der Waals surface area (Å²) in [4.78, 5) is 17.6. The minimum Gasteiger partial charge on any atom is -0.348 e. The van der Waals surface area contributed by atoms with Gasteiger partial charge < -0.3 is 5.32 Å². The zero-order chi connectivity index (χ0) is 16.8. The summed E-state index contributed by atoms with van der Waals surface area (Å²) in [5, 5.41) is 2.80. The predicted molar refractivity (Wildman–Crippen MR) is 94.8 cm³/mol. The van der Waals surface area contributed by atoms with Crippen molar-refractivity contribution in [3.8, 4) is 10.4 Å². The first-order chi connectivity index (χ1) is 11.7. The topological polar surface area (TPSA) is 42.0 Å². The van der Waals surface area contributed by atoms with Crippen LogP contribution in [0.15, 0.2) is 67.0 Å². The Bertz CT molecular complexity index is 859. The standard InChI is InChI=1S/C19H15FN2OS/c20-17-6-2-1-5-16(17)18-9-7-15(24-18)8-10-19(23)22-13-14-4-3-11-21-12-14/h1-12H,13H2,(H,22,23)/b10-8+. The molecular formula is C19H15FN2OS. The molecule has 1 aromatic carbocycles. The number of thiophene rings is 1. The van der Waals surface area contributed by atoms with Gasteiger partial charge in [0.1, 0.15) is 5.82 Å². The number of benzene rings is 1. The van der Waals surface area contributed by atoms with Gasteiger partial charge >= 0.3 is 0 Å². The van der Waals surface area contributed by atoms with Gasteiger partial charge in [0.25, 0.3) is 0 Å². The molecule has 3 aromatic rings. The molecule has 0 saturated heterocycles. The van der Waals surface area contributed by atoms with Crippen LogP contribution in [0.5, 0.6) is 0 Å². The summed E-state index contributed by atoms with van der Waals surface area (Å²) in [5.41, 5.74) is 1.51. The largest absolute Gasteiger partial charge is 0.348 e. The van der Waals surface area contributed by atoms with Gasteiger partial charge in [0.05, 0.1) is 0 Å². The second kappa shape index (κ2) is 7.66. The first kappa shape index (κ1) is 16.1. The number of rotatable bonds is 5. The molecule has 2 heterocycles. The minimum absolute atomic E-state index is 0.181. The monoisotopic (exact) mass is 338 g/mol. The molecule has 120 valence electrons. The lowest BCUT2D eigenvalue weighted by atomic mass is 10.2. The van der Waals surface area contributed by atoms with Gasteiger partial charge in [0, 0.05) is 40.3 Å². The summed E-state index contributed by atoms with van der Waals surface area (Å²) in [6.07, 6.45) is 6.61. The number of pyridine rings is 1. The van der Waals surface area contributed by atoms with Crippen LogP contribution in [0.25, 0.3) is 16.5 Å². The lowest BCUT2D eigenvalue weighted by Gasteiger charge is -2.01. The number of aromatic nitrogens is 1. The Labute approximate surface area is 143 Å². The summed E-state index contributed by atoms with van der Waals surface area (Å²) in [6.45, 7) is 0.432. The fourth-order valence-corrected chi connectivity index (χ4v) is 3.09. The van der Waals surface area contributed by atoms with E-state index in [0.717, 1.165) is 15.3 Å². The fourth-order valence-electron chi connectivity index (χ4n) is 2.16. The molecular weight excluding hydrogens is 323 g/mol. The molecule has 0 bridgehead atoms. The first-order valence-corrected chi connectivity index (χ1v) is 8.23. The molecule has 1 N–H and O–H groups in total. The van der Waals surface area contributed by atoms with Gasteiger partial charge in [-0.3, -0.25) is 9.78 Å². The van der Waals surface area contributed by atoms with E-state index in [2.05, 4.69) is 10.3 Å². The van der Waals surface area contributed by atoms with Gasteiger partial charge in [0.15, 0.2) is 0 Å². The highest BCUT2D eigenvalue weighted by molar-refractivity contribution is 7.16. The molecule has 0 unspecified atom stereocenters. The maximum Gasteiger partial charge on any atom is 0.244 e. The zero-order valence-electron chi connectivity index (χ0n) is 12.8. The average Bonchev–Trinajstić information content (AvgIpc) is 3.08. The van der Waals surface area contributed by atoms with E-state index in [1.165, 1.54) is 23.5 Å². The third-order valence-corrected chi connectivity index (χ3v) is 4.44. The van der Waals surface area contributed by atoms with Crippen molar-refractivity contribution in [2.24, 2.45) is 0 Å². The quantitative estimate of drug-likeness (QED) is 0.706. The van der Waals surface area contributed by atoms with Crippen molar-refractivity contribution in [2.45, 2.75) is 6.54 Å². The molecule has 1 amide bonds. The molecule has 3 rings (SSSR count). The molecule has 2 aromatic heterocycles. The van der Waals surface area contributed by atoms with E-state index < -0.39 is 0 Å². The Morgan fingerprint density at radius 1 is 1.17 bits per heavy atom. The van der Waals surface area contributed by atoms with E-state index >= 15 is 0 Å². The summed E-state index contributed by atoms with van der Waals surface area (Å²) in [5.74, 6) is -0.427. The van der Waals surface area contributed by atoms with Crippen molar-refractivity contribution in [1.29, 1.82) is 0 Å². The lowest BCUT2D eigenvalue weighted by molar-refractivity contribution is -0.116. The molecule has 0 fully saturated rings. The van der Waals surface area contributed by atoms with Crippen LogP contribution in [0.1, 0.15) is 10.4 Å². The molecule has 0 spiro atoms. The SMILES string of the molecule is O=C(/C=C/c1ccc(-c2ccccc2F)s1)NCc1cccnc1. The summed E-state index contributed by atoms with van der Waals surface area (Å²) in [6, 6.07) is 14.1. The van der Waals surface area contributed by atoms with Crippen molar-refractivity contribution in [3.05, 3.63) is 83.3 Å². The number of hydrogen-bond donors (Lipinski definition) is 1. The van der Waals surface area contributed by atoms with Crippen molar-refractivity contribution in [2.75, 3.05) is 0 Å². The summed E-state index contributed by atoms with van der Waals surface area (Å²) >= 11 is 1.44. The maximum absolute atomic E-state index is 13.8. The lowest BCUT2D eigenvalue weighted by Crippen LogP contribution is -2.20. The van der Waals surface area contributed by atoms with Gasteiger partial charge in [0.2, 0.25) is 5.91 Å². The fraction of sp³-hybridized carbons (Fsp3) is 0.0526. The van der Waals surface area contributed by atoms with Crippen molar-refractivity contribution >= 4 is 23.3 Å². The van der Waals surface area contributed by atoms with E-state index in [-0.39, 0.29) is 11.7 Å². The Morgan fingerprint density at radius 2 is 2.04 bits per heavy atom. The Hall–Kier alpha value is -2.79. The maximum atomic E-state index is 13.8. The van der Waals surface area contributed by atoms with Gasteiger partial charge in [-0.05, 0) is 35.9 Å². The number of carbonyl (C=O) groups excluding carboxylic acids is 1. The van der Waals surface area contributed by atoms with Gasteiger partial charge in [-0.25, -0.2) is 4.39 Å². The Kier molecular flexibility index (Phi) is 5.13. The second-order valence-electron chi connectivity index (χ2n) is 5.09. The molecule has 24 heavy (non-hydrogen) atoms. The third-order valence-electron chi connectivity index (χ3n) is 3.35. The molecule has 0 aliphatic heterocycles. The number of halogens is 1. The molecule has 0 aliphatic rings. The molecule has 0 aliphatic carbocycles. The Morgan fingerprint density at radius 3 is 2.83 bits per heavy atom. The molecule has 0 atom stereocenters. The number of nitrogens with one attached hydrogen (secondary N) is 1. The number of amides is 1. The van der Waals surface area contributed by atoms with Crippen LogP contribution < -0.4 is 5.32 Å². The molecule has 0 saturated carbocycles. The second-order valence-corrected chi connectivity index (χ2v) is 6.21. The molecule has 3 nitrogen and oxygen atoms in total. The van der Waals surface area contributed by atoms with Gasteiger partial charge in [-0.15, -0.1) is 11.3 Å². The minimum atomic E-state index is -0.246. The van der Waals surface area contributed by atoms with Crippen LogP contribution >= 0.6 is 11.3 Å². The van der Waals surface area contributed by atoms with E-state index in [1.54, 1.807) is 36.7 Å². The van der Waals surface area contributed by atoms with Gasteiger partial charge in [-0.2, -0.15) is 0 Å². The molecule has 5 heteroatoms. The highest BCUT2D eigenvalue weighted by Crippen LogP contribution is 2.30. The van der Waals surface area contributed by atoms with Crippen molar-refractivity contribution in [1.82, 2.24) is 10.3 Å². The first-order valence-electron chi connectivity index (χ1n) is 7.42. The predicted octanol–water partition coefficient (Wildman–Crippen LogP) is 4.28. The Balaban J connectivity index is 1.61. The third kappa shape index (κ3) is 4.14. The van der Waals surface area contributed by atoms with Crippen molar-refractivity contribution in [3.63, 3.8) is 0 Å². The van der Waals surface area contributed by atoms with Crippen LogP contribution in [0, 0.1) is 5.82 Å².